The fourth-order valence-electron chi connectivity index (χ4n) is 4.61. The maximum Gasteiger partial charge on any atom is 0.258 e. The lowest BCUT2D eigenvalue weighted by molar-refractivity contribution is -0.116. The number of halogens is 1. The highest BCUT2D eigenvalue weighted by Gasteiger charge is 2.29. The molecule has 0 radical (unpaired) electrons. The second-order valence-electron chi connectivity index (χ2n) is 9.56. The van der Waals surface area contributed by atoms with Gasteiger partial charge in [0.2, 0.25) is 5.91 Å². The summed E-state index contributed by atoms with van der Waals surface area (Å²) in [7, 11) is 4.03. The van der Waals surface area contributed by atoms with E-state index in [0.29, 0.717) is 40.0 Å². The number of carbonyl (C=O) groups excluding carboxylic acids is 2. The Morgan fingerprint density at radius 1 is 0.949 bits per heavy atom. The van der Waals surface area contributed by atoms with Crippen molar-refractivity contribution in [2.45, 2.75) is 13.3 Å². The number of benzene rings is 3. The minimum absolute atomic E-state index is 0.0134. The third kappa shape index (κ3) is 5.77. The lowest BCUT2D eigenvalue weighted by atomic mass is 9.99. The maximum atomic E-state index is 13.2. The summed E-state index contributed by atoms with van der Waals surface area (Å²) in [6.07, 6.45) is 3.79. The molecule has 0 aromatic heterocycles. The summed E-state index contributed by atoms with van der Waals surface area (Å²) in [5.74, 6) is 0.858. The van der Waals surface area contributed by atoms with E-state index >= 15 is 0 Å². The zero-order chi connectivity index (χ0) is 27.5. The van der Waals surface area contributed by atoms with Gasteiger partial charge in [0.25, 0.3) is 5.91 Å². The topological polar surface area (TPSA) is 83.1 Å². The van der Waals surface area contributed by atoms with Crippen LogP contribution in [0, 0.1) is 0 Å². The molecule has 0 fully saturated rings. The van der Waals surface area contributed by atoms with Crippen LogP contribution in [0.2, 0.25) is 5.02 Å². The minimum atomic E-state index is -0.246. The Bertz CT molecular complexity index is 1480. The Morgan fingerprint density at radius 2 is 1.69 bits per heavy atom. The molecule has 2 amide bonds. The third-order valence-electron chi connectivity index (χ3n) is 6.47. The average Bonchev–Trinajstić information content (AvgIpc) is 3.24. The Kier molecular flexibility index (Phi) is 7.58. The number of hydrogen-bond acceptors (Lipinski definition) is 6. The zero-order valence-electron chi connectivity index (χ0n) is 22.0. The van der Waals surface area contributed by atoms with Crippen molar-refractivity contribution in [2.75, 3.05) is 42.7 Å². The Balaban J connectivity index is 1.51. The lowest BCUT2D eigenvalue weighted by Gasteiger charge is -2.23. The fourth-order valence-corrected chi connectivity index (χ4v) is 4.78. The number of fused-ring (bicyclic) bond motifs is 2. The van der Waals surface area contributed by atoms with E-state index in [4.69, 9.17) is 21.1 Å². The maximum absolute atomic E-state index is 13.2. The summed E-state index contributed by atoms with van der Waals surface area (Å²) in [4.78, 5) is 29.4. The van der Waals surface area contributed by atoms with E-state index in [0.717, 1.165) is 35.5 Å². The number of nitrogens with one attached hydrogen (secondary N) is 2. The van der Waals surface area contributed by atoms with Crippen LogP contribution in [0.15, 0.2) is 73.2 Å². The number of rotatable bonds is 8. The molecule has 9 heteroatoms. The summed E-state index contributed by atoms with van der Waals surface area (Å²) in [6, 6.07) is 18.4. The Labute approximate surface area is 232 Å². The Hall–Kier alpha value is -4.27. The third-order valence-corrected chi connectivity index (χ3v) is 6.70. The Morgan fingerprint density at radius 3 is 2.41 bits per heavy atom. The van der Waals surface area contributed by atoms with E-state index in [9.17, 15) is 9.59 Å². The fraction of sp³-hybridized carbons (Fsp3) is 0.200. The van der Waals surface area contributed by atoms with Gasteiger partial charge in [-0.1, -0.05) is 17.7 Å². The first kappa shape index (κ1) is 26.3. The van der Waals surface area contributed by atoms with Crippen molar-refractivity contribution in [1.29, 1.82) is 0 Å². The van der Waals surface area contributed by atoms with Gasteiger partial charge < -0.3 is 29.9 Å². The molecular weight excluding hydrogens is 516 g/mol. The van der Waals surface area contributed by atoms with Crippen molar-refractivity contribution in [3.05, 3.63) is 89.3 Å². The SMILES string of the molecule is CC(=O)N(CCCN(C)C)c1ccc(NC(=C2C(=O)Nc3cc(Cl)ccc32)c2ccc3c(c2)OC=CO3)cc1. The van der Waals surface area contributed by atoms with E-state index in [1.165, 1.54) is 12.5 Å². The molecule has 2 aliphatic rings. The molecule has 200 valence electrons. The van der Waals surface area contributed by atoms with Gasteiger partial charge in [-0.3, -0.25) is 9.59 Å². The molecule has 0 aliphatic carbocycles. The first-order valence-corrected chi connectivity index (χ1v) is 13.0. The van der Waals surface area contributed by atoms with E-state index in [1.807, 2.05) is 56.6 Å². The highest BCUT2D eigenvalue weighted by atomic mass is 35.5. The predicted molar refractivity (Wildman–Crippen MR) is 155 cm³/mol. The minimum Gasteiger partial charge on any atom is -0.458 e. The van der Waals surface area contributed by atoms with Gasteiger partial charge in [0.1, 0.15) is 12.5 Å². The van der Waals surface area contributed by atoms with Crippen LogP contribution in [0.25, 0.3) is 11.3 Å². The molecule has 3 aromatic carbocycles. The molecule has 5 rings (SSSR count). The van der Waals surface area contributed by atoms with E-state index < -0.39 is 0 Å². The summed E-state index contributed by atoms with van der Waals surface area (Å²) in [6.45, 7) is 3.09. The summed E-state index contributed by atoms with van der Waals surface area (Å²) < 4.78 is 11.2. The molecule has 2 aliphatic heterocycles. The molecule has 8 nitrogen and oxygen atoms in total. The first-order chi connectivity index (χ1) is 18.8. The van der Waals surface area contributed by atoms with Crippen LogP contribution >= 0.6 is 11.6 Å². The zero-order valence-corrected chi connectivity index (χ0v) is 22.7. The average molecular weight is 545 g/mol. The van der Waals surface area contributed by atoms with Crippen LogP contribution < -0.4 is 25.0 Å². The largest absolute Gasteiger partial charge is 0.458 e. The number of nitrogens with zero attached hydrogens (tertiary/aromatic N) is 2. The monoisotopic (exact) mass is 544 g/mol. The quantitative estimate of drug-likeness (QED) is 0.348. The molecular formula is C30H29ClN4O4. The van der Waals surface area contributed by atoms with E-state index in [-0.39, 0.29) is 11.8 Å². The van der Waals surface area contributed by atoms with Gasteiger partial charge >= 0.3 is 0 Å². The van der Waals surface area contributed by atoms with Crippen molar-refractivity contribution >= 4 is 51.7 Å². The van der Waals surface area contributed by atoms with Gasteiger partial charge in [-0.05, 0) is 81.7 Å². The summed E-state index contributed by atoms with van der Waals surface area (Å²) in [5, 5.41) is 6.89. The molecule has 39 heavy (non-hydrogen) atoms. The molecule has 0 unspecified atom stereocenters. The summed E-state index contributed by atoms with van der Waals surface area (Å²) in [5.41, 5.74) is 4.76. The number of amides is 2. The van der Waals surface area contributed by atoms with Gasteiger partial charge in [0.05, 0.1) is 17.0 Å². The van der Waals surface area contributed by atoms with E-state index in [1.54, 1.807) is 30.0 Å². The number of carbonyl (C=O) groups is 2. The second kappa shape index (κ2) is 11.2. The number of anilines is 3. The molecule has 0 saturated heterocycles. The van der Waals surface area contributed by atoms with Crippen LogP contribution in [0.5, 0.6) is 11.5 Å². The van der Waals surface area contributed by atoms with E-state index in [2.05, 4.69) is 15.5 Å². The van der Waals surface area contributed by atoms with Crippen molar-refractivity contribution in [2.24, 2.45) is 0 Å². The van der Waals surface area contributed by atoms with Gasteiger partial charge in [-0.15, -0.1) is 0 Å². The van der Waals surface area contributed by atoms with Crippen molar-refractivity contribution in [3.8, 4) is 11.5 Å². The number of hydrogen-bond donors (Lipinski definition) is 2. The number of ether oxygens (including phenoxy) is 2. The van der Waals surface area contributed by atoms with Crippen LogP contribution in [0.4, 0.5) is 17.1 Å². The highest BCUT2D eigenvalue weighted by molar-refractivity contribution is 6.38. The second-order valence-corrected chi connectivity index (χ2v) is 10.00. The van der Waals surface area contributed by atoms with Crippen LogP contribution in [-0.4, -0.2) is 43.9 Å². The van der Waals surface area contributed by atoms with Gasteiger partial charge in [-0.2, -0.15) is 0 Å². The van der Waals surface area contributed by atoms with Crippen LogP contribution in [0.1, 0.15) is 24.5 Å². The normalized spacial score (nSPS) is 14.6. The molecule has 0 saturated carbocycles. The van der Waals surface area contributed by atoms with Crippen molar-refractivity contribution in [3.63, 3.8) is 0 Å². The molecule has 2 N–H and O–H groups in total. The predicted octanol–water partition coefficient (Wildman–Crippen LogP) is 5.82. The highest BCUT2D eigenvalue weighted by Crippen LogP contribution is 2.41. The molecule has 3 aromatic rings. The van der Waals surface area contributed by atoms with Crippen molar-refractivity contribution < 1.29 is 19.1 Å². The molecule has 0 spiro atoms. The molecule has 2 heterocycles. The first-order valence-electron chi connectivity index (χ1n) is 12.6. The van der Waals surface area contributed by atoms with Gasteiger partial charge in [0, 0.05) is 41.0 Å². The van der Waals surface area contributed by atoms with Gasteiger partial charge in [0.15, 0.2) is 11.5 Å². The smallest absolute Gasteiger partial charge is 0.258 e. The van der Waals surface area contributed by atoms with Crippen LogP contribution in [0.3, 0.4) is 0 Å². The molecule has 0 bridgehead atoms. The van der Waals surface area contributed by atoms with Crippen molar-refractivity contribution in [1.82, 2.24) is 4.90 Å². The van der Waals surface area contributed by atoms with Gasteiger partial charge in [-0.25, -0.2) is 0 Å². The molecule has 0 atom stereocenters. The lowest BCUT2D eigenvalue weighted by Crippen LogP contribution is -2.31. The summed E-state index contributed by atoms with van der Waals surface area (Å²) >= 11 is 6.18. The van der Waals surface area contributed by atoms with Crippen LogP contribution in [-0.2, 0) is 9.59 Å². The standard InChI is InChI=1S/C30H29ClN4O4/c1-19(36)35(14-4-13-34(2)3)23-9-7-22(8-10-23)32-29(20-5-12-26-27(17-20)39-16-15-38-26)28-24-11-6-21(31)18-25(24)33-30(28)37/h5-12,15-18,32H,4,13-14H2,1-3H3,(H,33,37).